The summed E-state index contributed by atoms with van der Waals surface area (Å²) in [5, 5.41) is 5.76. The van der Waals surface area contributed by atoms with Crippen LogP contribution in [0.5, 0.6) is 5.75 Å². The van der Waals surface area contributed by atoms with Crippen LogP contribution in [0.4, 0.5) is 5.13 Å². The van der Waals surface area contributed by atoms with E-state index < -0.39 is 0 Å². The zero-order chi connectivity index (χ0) is 20.6. The molecule has 154 valence electrons. The highest BCUT2D eigenvalue weighted by atomic mass is 32.1. The minimum atomic E-state index is -0.343. The molecule has 0 aliphatic rings. The van der Waals surface area contributed by atoms with Gasteiger partial charge in [-0.1, -0.05) is 6.07 Å². The highest BCUT2D eigenvalue weighted by Crippen LogP contribution is 2.26. The standard InChI is InChI=1S/C20H23N3O5S/c1-3-27-19(25)11-14-13-29-20(21-14)22-18(24)12-28-17-6-4-5-16-15(17)7-8-23(16)9-10-26-2/h4-8,13H,3,9-12H2,1-2H3,(H,21,22,24). The molecule has 0 spiro atoms. The van der Waals surface area contributed by atoms with E-state index in [4.69, 9.17) is 14.2 Å². The highest BCUT2D eigenvalue weighted by Gasteiger charge is 2.12. The number of hydrogen-bond acceptors (Lipinski definition) is 7. The maximum atomic E-state index is 12.2. The third-order valence-corrected chi connectivity index (χ3v) is 4.90. The lowest BCUT2D eigenvalue weighted by Crippen LogP contribution is -2.20. The molecule has 3 aromatic rings. The van der Waals surface area contributed by atoms with Gasteiger partial charge in [0.05, 0.1) is 30.8 Å². The maximum absolute atomic E-state index is 12.2. The van der Waals surface area contributed by atoms with Gasteiger partial charge in [-0.15, -0.1) is 11.3 Å². The zero-order valence-corrected chi connectivity index (χ0v) is 17.2. The van der Waals surface area contributed by atoms with E-state index in [0.29, 0.717) is 29.8 Å². The van der Waals surface area contributed by atoms with Gasteiger partial charge in [0.2, 0.25) is 0 Å². The zero-order valence-electron chi connectivity index (χ0n) is 16.3. The number of carbonyl (C=O) groups is 2. The monoisotopic (exact) mass is 417 g/mol. The summed E-state index contributed by atoms with van der Waals surface area (Å²) in [5.74, 6) is -0.0293. The van der Waals surface area contributed by atoms with Crippen LogP contribution in [-0.2, 0) is 32.0 Å². The van der Waals surface area contributed by atoms with Crippen LogP contribution in [0.15, 0.2) is 35.8 Å². The Balaban J connectivity index is 1.56. The van der Waals surface area contributed by atoms with Crippen LogP contribution in [0, 0.1) is 0 Å². The number of methoxy groups -OCH3 is 1. The molecular formula is C20H23N3O5S. The number of rotatable bonds is 10. The van der Waals surface area contributed by atoms with Gasteiger partial charge in [-0.25, -0.2) is 4.98 Å². The molecule has 0 saturated carbocycles. The van der Waals surface area contributed by atoms with Crippen molar-refractivity contribution < 1.29 is 23.8 Å². The number of benzene rings is 1. The predicted molar refractivity (Wildman–Crippen MR) is 110 cm³/mol. The number of fused-ring (bicyclic) bond motifs is 1. The molecule has 0 fully saturated rings. The second kappa shape index (κ2) is 10.0. The van der Waals surface area contributed by atoms with E-state index in [-0.39, 0.29) is 24.9 Å². The number of nitrogens with zero attached hydrogens (tertiary/aromatic N) is 2. The topological polar surface area (TPSA) is 91.7 Å². The SMILES string of the molecule is CCOC(=O)Cc1csc(NC(=O)COc2cccc3c2ccn3CCOC)n1. The van der Waals surface area contributed by atoms with Gasteiger partial charge in [0.15, 0.2) is 11.7 Å². The first-order valence-electron chi connectivity index (χ1n) is 9.20. The van der Waals surface area contributed by atoms with Gasteiger partial charge >= 0.3 is 5.97 Å². The minimum absolute atomic E-state index is 0.0821. The molecule has 0 saturated heterocycles. The molecule has 3 rings (SSSR count). The summed E-state index contributed by atoms with van der Waals surface area (Å²) < 4.78 is 17.8. The fourth-order valence-electron chi connectivity index (χ4n) is 2.81. The molecule has 1 N–H and O–H groups in total. The Kier molecular flexibility index (Phi) is 7.20. The molecule has 2 aromatic heterocycles. The normalized spacial score (nSPS) is 10.8. The molecule has 0 bridgehead atoms. The lowest BCUT2D eigenvalue weighted by molar-refractivity contribution is -0.142. The van der Waals surface area contributed by atoms with Gasteiger partial charge in [0, 0.05) is 30.6 Å². The van der Waals surface area contributed by atoms with Crippen molar-refractivity contribution in [1.29, 1.82) is 0 Å². The van der Waals surface area contributed by atoms with Crippen molar-refractivity contribution in [1.82, 2.24) is 9.55 Å². The van der Waals surface area contributed by atoms with E-state index in [9.17, 15) is 9.59 Å². The first-order chi connectivity index (χ1) is 14.1. The number of thiazole rings is 1. The lowest BCUT2D eigenvalue weighted by atomic mass is 10.2. The second-order valence-electron chi connectivity index (χ2n) is 6.15. The molecule has 0 aliphatic carbocycles. The molecule has 0 atom stereocenters. The van der Waals surface area contributed by atoms with E-state index in [1.807, 2.05) is 30.5 Å². The molecule has 0 radical (unpaired) electrons. The number of anilines is 1. The van der Waals surface area contributed by atoms with Crippen LogP contribution >= 0.6 is 11.3 Å². The second-order valence-corrected chi connectivity index (χ2v) is 7.01. The molecule has 1 aromatic carbocycles. The molecule has 0 aliphatic heterocycles. The van der Waals surface area contributed by atoms with Gasteiger partial charge in [-0.2, -0.15) is 0 Å². The first kappa shape index (κ1) is 20.8. The Bertz CT molecular complexity index is 982. The number of esters is 1. The van der Waals surface area contributed by atoms with Crippen LogP contribution in [0.25, 0.3) is 10.9 Å². The van der Waals surface area contributed by atoms with E-state index in [1.165, 1.54) is 11.3 Å². The highest BCUT2D eigenvalue weighted by molar-refractivity contribution is 7.13. The maximum Gasteiger partial charge on any atom is 0.311 e. The third-order valence-electron chi connectivity index (χ3n) is 4.10. The Labute approximate surface area is 172 Å². The molecule has 1 amide bonds. The van der Waals surface area contributed by atoms with Crippen molar-refractivity contribution in [2.75, 3.05) is 32.2 Å². The number of ether oxygens (including phenoxy) is 3. The van der Waals surface area contributed by atoms with Crippen molar-refractivity contribution >= 4 is 39.2 Å². The summed E-state index contributed by atoms with van der Waals surface area (Å²) in [6, 6.07) is 7.68. The average molecular weight is 417 g/mol. The van der Waals surface area contributed by atoms with Gasteiger partial charge in [-0.3, -0.25) is 14.9 Å². The molecule has 9 heteroatoms. The van der Waals surface area contributed by atoms with Gasteiger partial charge in [0.25, 0.3) is 5.91 Å². The number of nitrogens with one attached hydrogen (secondary N) is 1. The molecular weight excluding hydrogens is 394 g/mol. The van der Waals surface area contributed by atoms with Gasteiger partial charge < -0.3 is 18.8 Å². The Hall–Kier alpha value is -2.91. The number of hydrogen-bond donors (Lipinski definition) is 1. The van der Waals surface area contributed by atoms with E-state index in [1.54, 1.807) is 19.4 Å². The summed E-state index contributed by atoms with van der Waals surface area (Å²) >= 11 is 1.25. The Morgan fingerprint density at radius 3 is 2.93 bits per heavy atom. The summed E-state index contributed by atoms with van der Waals surface area (Å²) in [6.07, 6.45) is 2.05. The third kappa shape index (κ3) is 5.55. The average Bonchev–Trinajstić information content (AvgIpc) is 3.31. The van der Waals surface area contributed by atoms with Crippen LogP contribution in [-0.4, -0.2) is 48.4 Å². The Morgan fingerprint density at radius 2 is 2.14 bits per heavy atom. The van der Waals surface area contributed by atoms with Crippen LogP contribution < -0.4 is 10.1 Å². The molecule has 2 heterocycles. The van der Waals surface area contributed by atoms with Crippen LogP contribution in [0.1, 0.15) is 12.6 Å². The van der Waals surface area contributed by atoms with Gasteiger partial charge in [-0.05, 0) is 25.1 Å². The number of aromatic nitrogens is 2. The predicted octanol–water partition coefficient (Wildman–Crippen LogP) is 2.87. The van der Waals surface area contributed by atoms with Crippen molar-refractivity contribution in [2.24, 2.45) is 0 Å². The fraction of sp³-hybridized carbons (Fsp3) is 0.350. The van der Waals surface area contributed by atoms with Crippen molar-refractivity contribution in [3.8, 4) is 5.75 Å². The van der Waals surface area contributed by atoms with Crippen molar-refractivity contribution in [2.45, 2.75) is 19.9 Å². The number of amides is 1. The van der Waals surface area contributed by atoms with E-state index in [0.717, 1.165) is 17.4 Å². The summed E-state index contributed by atoms with van der Waals surface area (Å²) in [6.45, 7) is 3.28. The van der Waals surface area contributed by atoms with Crippen molar-refractivity contribution in [3.63, 3.8) is 0 Å². The number of carbonyl (C=O) groups excluding carboxylic acids is 2. The summed E-state index contributed by atoms with van der Waals surface area (Å²) in [4.78, 5) is 27.9. The van der Waals surface area contributed by atoms with Crippen LogP contribution in [0.2, 0.25) is 0 Å². The van der Waals surface area contributed by atoms with Gasteiger partial charge in [0.1, 0.15) is 5.75 Å². The lowest BCUT2D eigenvalue weighted by Gasteiger charge is -2.09. The molecule has 8 nitrogen and oxygen atoms in total. The first-order valence-corrected chi connectivity index (χ1v) is 10.1. The van der Waals surface area contributed by atoms with E-state index >= 15 is 0 Å². The summed E-state index contributed by atoms with van der Waals surface area (Å²) in [5.41, 5.74) is 1.58. The van der Waals surface area contributed by atoms with Crippen molar-refractivity contribution in [3.05, 3.63) is 41.5 Å². The molecule has 0 unspecified atom stereocenters. The smallest absolute Gasteiger partial charge is 0.311 e. The molecule has 29 heavy (non-hydrogen) atoms. The quantitative estimate of drug-likeness (QED) is 0.510. The largest absolute Gasteiger partial charge is 0.483 e. The Morgan fingerprint density at radius 1 is 1.28 bits per heavy atom. The summed E-state index contributed by atoms with van der Waals surface area (Å²) in [7, 11) is 1.67. The van der Waals surface area contributed by atoms with Crippen LogP contribution in [0.3, 0.4) is 0 Å². The fourth-order valence-corrected chi connectivity index (χ4v) is 3.54. The van der Waals surface area contributed by atoms with E-state index in [2.05, 4.69) is 14.9 Å². The minimum Gasteiger partial charge on any atom is -0.483 e.